The van der Waals surface area contributed by atoms with E-state index in [1.165, 1.54) is 0 Å². The number of halogens is 6. The van der Waals surface area contributed by atoms with Crippen molar-refractivity contribution in [3.63, 3.8) is 0 Å². The Bertz CT molecular complexity index is 852. The Morgan fingerprint density at radius 3 is 2.36 bits per heavy atom. The molecule has 4 atom stereocenters. The van der Waals surface area contributed by atoms with Crippen LogP contribution in [-0.4, -0.2) is 45.5 Å². The molecule has 3 aliphatic rings. The highest BCUT2D eigenvalue weighted by atomic mass is 19.4. The van der Waals surface area contributed by atoms with Gasteiger partial charge in [0.2, 0.25) is 0 Å². The van der Waals surface area contributed by atoms with Crippen molar-refractivity contribution in [1.82, 2.24) is 0 Å². The lowest BCUT2D eigenvalue weighted by molar-refractivity contribution is -0.369. The van der Waals surface area contributed by atoms with E-state index in [1.807, 2.05) is 13.0 Å². The lowest BCUT2D eigenvalue weighted by atomic mass is 9.63. The van der Waals surface area contributed by atoms with Gasteiger partial charge in [0, 0.05) is 6.42 Å². The van der Waals surface area contributed by atoms with Crippen molar-refractivity contribution >= 4 is 0 Å². The molecular formula is C24H30F6O3. The maximum atomic E-state index is 13.1. The largest absolute Gasteiger partial charge is 0.426 e. The van der Waals surface area contributed by atoms with Crippen molar-refractivity contribution < 1.29 is 41.7 Å². The Hall–Kier alpha value is -1.58. The van der Waals surface area contributed by atoms with Gasteiger partial charge < -0.3 is 15.3 Å². The summed E-state index contributed by atoms with van der Waals surface area (Å²) in [6.07, 6.45) is -6.46. The summed E-state index contributed by atoms with van der Waals surface area (Å²) < 4.78 is 78.5. The molecule has 3 aliphatic carbocycles. The molecule has 0 saturated heterocycles. The van der Waals surface area contributed by atoms with Crippen LogP contribution in [0.2, 0.25) is 0 Å². The first-order valence-electron chi connectivity index (χ1n) is 11.1. The van der Waals surface area contributed by atoms with Crippen molar-refractivity contribution in [2.75, 3.05) is 0 Å². The van der Waals surface area contributed by atoms with Crippen molar-refractivity contribution in [2.24, 2.45) is 11.3 Å². The van der Waals surface area contributed by atoms with Gasteiger partial charge in [0.25, 0.3) is 5.60 Å². The third-order valence-electron chi connectivity index (χ3n) is 7.67. The van der Waals surface area contributed by atoms with E-state index in [1.54, 1.807) is 12.2 Å². The first-order valence-corrected chi connectivity index (χ1v) is 11.1. The Morgan fingerprint density at radius 2 is 1.76 bits per heavy atom. The number of alkyl halides is 6. The zero-order chi connectivity index (χ0) is 24.8. The predicted molar refractivity (Wildman–Crippen MR) is 111 cm³/mol. The average Bonchev–Trinajstić information content (AvgIpc) is 3.02. The van der Waals surface area contributed by atoms with Gasteiger partial charge in [0.05, 0.1) is 12.2 Å². The zero-order valence-corrected chi connectivity index (χ0v) is 18.4. The molecule has 0 aromatic carbocycles. The summed E-state index contributed by atoms with van der Waals surface area (Å²) >= 11 is 0. The number of allylic oxidation sites excluding steroid dienone is 5. The molecule has 0 spiro atoms. The lowest BCUT2D eigenvalue weighted by Gasteiger charge is -2.42. The first-order chi connectivity index (χ1) is 15.1. The fraction of sp³-hybridized carbons (Fsp3) is 0.667. The third-order valence-corrected chi connectivity index (χ3v) is 7.67. The fourth-order valence-corrected chi connectivity index (χ4v) is 5.52. The van der Waals surface area contributed by atoms with Crippen LogP contribution in [0, 0.1) is 11.3 Å². The van der Waals surface area contributed by atoms with Crippen LogP contribution in [0.15, 0.2) is 47.1 Å². The molecule has 3 N–H and O–H groups in total. The van der Waals surface area contributed by atoms with E-state index in [2.05, 4.69) is 6.58 Å². The second-order valence-electron chi connectivity index (χ2n) is 9.71. The van der Waals surface area contributed by atoms with Gasteiger partial charge in [-0.15, -0.1) is 0 Å². The van der Waals surface area contributed by atoms with Gasteiger partial charge in [-0.05, 0) is 67.4 Å². The molecule has 0 aromatic heterocycles. The Labute approximate surface area is 189 Å². The number of rotatable bonds is 4. The van der Waals surface area contributed by atoms with Crippen LogP contribution in [0.5, 0.6) is 0 Å². The molecule has 2 saturated carbocycles. The summed E-state index contributed by atoms with van der Waals surface area (Å²) in [7, 11) is 0. The summed E-state index contributed by atoms with van der Waals surface area (Å²) in [5.74, 6) is -0.0605. The molecule has 0 aliphatic heterocycles. The van der Waals surface area contributed by atoms with Gasteiger partial charge in [-0.25, -0.2) is 0 Å². The summed E-state index contributed by atoms with van der Waals surface area (Å²) in [4.78, 5) is 0. The van der Waals surface area contributed by atoms with E-state index in [4.69, 9.17) is 0 Å². The molecule has 3 nitrogen and oxygen atoms in total. The molecule has 2 fully saturated rings. The zero-order valence-electron chi connectivity index (χ0n) is 18.4. The minimum Gasteiger partial charge on any atom is -0.393 e. The summed E-state index contributed by atoms with van der Waals surface area (Å²) in [5, 5.41) is 29.5. The van der Waals surface area contributed by atoms with Gasteiger partial charge in [-0.1, -0.05) is 42.9 Å². The Morgan fingerprint density at radius 1 is 1.12 bits per heavy atom. The van der Waals surface area contributed by atoms with Gasteiger partial charge in [0.15, 0.2) is 0 Å². The molecule has 2 unspecified atom stereocenters. The molecular weight excluding hydrogens is 450 g/mol. The fourth-order valence-electron chi connectivity index (χ4n) is 5.52. The van der Waals surface area contributed by atoms with Gasteiger partial charge in [-0.2, -0.15) is 26.3 Å². The minimum absolute atomic E-state index is 0.0605. The monoisotopic (exact) mass is 480 g/mol. The lowest BCUT2D eigenvalue weighted by Crippen LogP contribution is -2.56. The summed E-state index contributed by atoms with van der Waals surface area (Å²) in [6, 6.07) is 0. The number of hydrogen-bond donors (Lipinski definition) is 3. The second-order valence-corrected chi connectivity index (χ2v) is 9.71. The Kier molecular flexibility index (Phi) is 7.01. The first kappa shape index (κ1) is 26.0. The Balaban J connectivity index is 1.79. The SMILES string of the molecule is C=C1/C(=C\C=C2/CCC[C@]3(C)C(CCC(O)(C(F)(F)F)C(F)(F)F)=CCC23)CC(O)C[C@@H]1O. The second kappa shape index (κ2) is 8.89. The van der Waals surface area contributed by atoms with Gasteiger partial charge in [0.1, 0.15) is 0 Å². The number of aliphatic hydroxyl groups excluding tert-OH is 2. The number of aliphatic hydroxyl groups is 3. The van der Waals surface area contributed by atoms with Crippen LogP contribution in [-0.2, 0) is 0 Å². The quantitative estimate of drug-likeness (QED) is 0.358. The summed E-state index contributed by atoms with van der Waals surface area (Å²) in [5.41, 5.74) is -2.50. The standard InChI is InChI=1S/C24H30F6O3/c1-14-16(12-18(31)13-20(14)32)6-5-15-4-3-10-21(2)17(7-8-19(15)21)9-11-22(33,23(25,26)27)24(28,29)30/h5-7,18-20,31-33H,1,3-4,8-13H2,2H3/b15-5+,16-6-/t18?,19?,20-,21+/m0/s1. The number of hydrogen-bond acceptors (Lipinski definition) is 3. The molecule has 9 heteroatoms. The van der Waals surface area contributed by atoms with E-state index < -0.39 is 48.4 Å². The molecule has 0 bridgehead atoms. The maximum Gasteiger partial charge on any atom is 0.426 e. The van der Waals surface area contributed by atoms with Crippen molar-refractivity contribution in [3.05, 3.63) is 47.1 Å². The number of fused-ring (bicyclic) bond motifs is 1. The third kappa shape index (κ3) is 4.82. The van der Waals surface area contributed by atoms with E-state index in [-0.39, 0.29) is 12.3 Å². The van der Waals surface area contributed by atoms with Crippen LogP contribution in [0.25, 0.3) is 0 Å². The van der Waals surface area contributed by atoms with Crippen molar-refractivity contribution in [1.29, 1.82) is 0 Å². The van der Waals surface area contributed by atoms with E-state index >= 15 is 0 Å². The molecule has 33 heavy (non-hydrogen) atoms. The highest BCUT2D eigenvalue weighted by Gasteiger charge is 2.70. The molecule has 0 heterocycles. The van der Waals surface area contributed by atoms with Crippen LogP contribution < -0.4 is 0 Å². The summed E-state index contributed by atoms with van der Waals surface area (Å²) in [6.45, 7) is 5.74. The van der Waals surface area contributed by atoms with Crippen LogP contribution in [0.3, 0.4) is 0 Å². The topological polar surface area (TPSA) is 60.7 Å². The highest BCUT2D eigenvalue weighted by Crippen LogP contribution is 2.57. The molecule has 186 valence electrons. The molecule has 0 aromatic rings. The smallest absolute Gasteiger partial charge is 0.393 e. The average molecular weight is 480 g/mol. The molecule has 0 amide bonds. The van der Waals surface area contributed by atoms with Gasteiger partial charge in [-0.3, -0.25) is 0 Å². The molecule has 3 rings (SSSR count). The molecule has 0 radical (unpaired) electrons. The minimum atomic E-state index is -5.81. The maximum absolute atomic E-state index is 13.1. The van der Waals surface area contributed by atoms with Crippen LogP contribution in [0.1, 0.15) is 58.3 Å². The van der Waals surface area contributed by atoms with Crippen LogP contribution in [0.4, 0.5) is 26.3 Å². The van der Waals surface area contributed by atoms with E-state index in [0.717, 1.165) is 24.0 Å². The highest BCUT2D eigenvalue weighted by molar-refractivity contribution is 5.40. The normalized spacial score (nSPS) is 34.1. The van der Waals surface area contributed by atoms with E-state index in [0.29, 0.717) is 30.4 Å². The van der Waals surface area contributed by atoms with Gasteiger partial charge >= 0.3 is 12.4 Å². The predicted octanol–water partition coefficient (Wildman–Crippen LogP) is 5.68. The van der Waals surface area contributed by atoms with Crippen LogP contribution >= 0.6 is 0 Å². The van der Waals surface area contributed by atoms with E-state index in [9.17, 15) is 41.7 Å². The van der Waals surface area contributed by atoms with Crippen molar-refractivity contribution in [3.8, 4) is 0 Å². The van der Waals surface area contributed by atoms with Crippen molar-refractivity contribution in [2.45, 2.75) is 88.5 Å².